The van der Waals surface area contributed by atoms with Gasteiger partial charge in [-0.1, -0.05) is 17.7 Å². The first-order valence-corrected chi connectivity index (χ1v) is 8.53. The van der Waals surface area contributed by atoms with Crippen molar-refractivity contribution in [3.63, 3.8) is 0 Å². The Labute approximate surface area is 147 Å². The third kappa shape index (κ3) is 4.03. The van der Waals surface area contributed by atoms with Crippen molar-refractivity contribution in [2.75, 3.05) is 23.3 Å². The number of rotatable bonds is 3. The van der Waals surface area contributed by atoms with Crippen molar-refractivity contribution < 1.29 is 4.79 Å². The van der Waals surface area contributed by atoms with Gasteiger partial charge in [0.1, 0.15) is 0 Å². The maximum absolute atomic E-state index is 12.6. The molecule has 126 valence electrons. The van der Waals surface area contributed by atoms with Crippen LogP contribution in [0.25, 0.3) is 0 Å². The number of anilines is 2. The second-order valence-electron chi connectivity index (χ2n) is 6.24. The zero-order chi connectivity index (χ0) is 17.1. The van der Waals surface area contributed by atoms with Crippen LogP contribution in [0.4, 0.5) is 11.6 Å². The molecule has 1 aliphatic heterocycles. The third-order valence-corrected chi connectivity index (χ3v) is 4.37. The van der Waals surface area contributed by atoms with E-state index in [4.69, 9.17) is 11.6 Å². The Balaban J connectivity index is 1.69. The maximum Gasteiger partial charge on any atom is 0.229 e. The Morgan fingerprint density at radius 2 is 2.00 bits per heavy atom. The van der Waals surface area contributed by atoms with Crippen LogP contribution < -0.4 is 10.2 Å². The van der Waals surface area contributed by atoms with Crippen LogP contribution in [0.1, 0.15) is 24.2 Å². The standard InChI is InChI=1S/C18H21ClN4O/c1-12-9-13(2)21-18(20-12)23-8-4-5-14(11-23)17(24)22-16-7-3-6-15(19)10-16/h3,6-7,9-10,14H,4-5,8,11H2,1-2H3,(H,22,24)/t14-/m1/s1. The van der Waals surface area contributed by atoms with Crippen molar-refractivity contribution in [1.29, 1.82) is 0 Å². The zero-order valence-electron chi connectivity index (χ0n) is 13.9. The van der Waals surface area contributed by atoms with Crippen LogP contribution in [-0.4, -0.2) is 29.0 Å². The van der Waals surface area contributed by atoms with Gasteiger partial charge in [-0.2, -0.15) is 0 Å². The number of nitrogens with zero attached hydrogens (tertiary/aromatic N) is 3. The number of carbonyl (C=O) groups excluding carboxylic acids is 1. The van der Waals surface area contributed by atoms with Crippen LogP contribution in [0, 0.1) is 19.8 Å². The van der Waals surface area contributed by atoms with E-state index in [-0.39, 0.29) is 11.8 Å². The molecule has 1 saturated heterocycles. The number of nitrogens with one attached hydrogen (secondary N) is 1. The number of aryl methyl sites for hydroxylation is 2. The van der Waals surface area contributed by atoms with Crippen molar-refractivity contribution in [1.82, 2.24) is 9.97 Å². The minimum atomic E-state index is -0.0813. The summed E-state index contributed by atoms with van der Waals surface area (Å²) < 4.78 is 0. The highest BCUT2D eigenvalue weighted by molar-refractivity contribution is 6.30. The summed E-state index contributed by atoms with van der Waals surface area (Å²) in [5, 5.41) is 3.57. The van der Waals surface area contributed by atoms with Crippen LogP contribution in [0.2, 0.25) is 5.02 Å². The van der Waals surface area contributed by atoms with Crippen molar-refractivity contribution >= 4 is 29.1 Å². The molecule has 1 N–H and O–H groups in total. The number of benzene rings is 1. The molecule has 3 rings (SSSR count). The number of aromatic nitrogens is 2. The minimum absolute atomic E-state index is 0.0198. The topological polar surface area (TPSA) is 58.1 Å². The summed E-state index contributed by atoms with van der Waals surface area (Å²) in [5.41, 5.74) is 2.62. The van der Waals surface area contributed by atoms with Gasteiger partial charge in [0.15, 0.2) is 0 Å². The van der Waals surface area contributed by atoms with Crippen LogP contribution in [0.15, 0.2) is 30.3 Å². The van der Waals surface area contributed by atoms with Gasteiger partial charge in [-0.3, -0.25) is 4.79 Å². The first kappa shape index (κ1) is 16.7. The average Bonchev–Trinajstić information content (AvgIpc) is 2.54. The molecule has 0 bridgehead atoms. The van der Waals surface area contributed by atoms with Gasteiger partial charge in [0, 0.05) is 35.2 Å². The lowest BCUT2D eigenvalue weighted by atomic mass is 9.97. The summed E-state index contributed by atoms with van der Waals surface area (Å²) in [6.45, 7) is 5.44. The van der Waals surface area contributed by atoms with Crippen LogP contribution in [0.5, 0.6) is 0 Å². The van der Waals surface area contributed by atoms with Crippen LogP contribution >= 0.6 is 11.6 Å². The van der Waals surface area contributed by atoms with E-state index in [0.717, 1.165) is 36.5 Å². The summed E-state index contributed by atoms with van der Waals surface area (Å²) in [6, 6.07) is 9.17. The fraction of sp³-hybridized carbons (Fsp3) is 0.389. The predicted molar refractivity (Wildman–Crippen MR) is 96.5 cm³/mol. The fourth-order valence-corrected chi connectivity index (χ4v) is 3.22. The van der Waals surface area contributed by atoms with E-state index in [1.807, 2.05) is 32.0 Å². The molecule has 24 heavy (non-hydrogen) atoms. The van der Waals surface area contributed by atoms with Crippen molar-refractivity contribution in [2.24, 2.45) is 5.92 Å². The molecule has 1 amide bonds. The first-order valence-electron chi connectivity index (χ1n) is 8.15. The number of hydrogen-bond donors (Lipinski definition) is 1. The quantitative estimate of drug-likeness (QED) is 0.924. The SMILES string of the molecule is Cc1cc(C)nc(N2CCC[C@@H](C(=O)Nc3cccc(Cl)c3)C2)n1. The molecule has 0 unspecified atom stereocenters. The smallest absolute Gasteiger partial charge is 0.229 e. The summed E-state index contributed by atoms with van der Waals surface area (Å²) in [7, 11) is 0. The molecule has 0 spiro atoms. The van der Waals surface area contributed by atoms with Gasteiger partial charge < -0.3 is 10.2 Å². The number of halogens is 1. The van der Waals surface area contributed by atoms with Gasteiger partial charge in [-0.25, -0.2) is 9.97 Å². The van der Waals surface area contributed by atoms with Crippen molar-refractivity contribution in [3.8, 4) is 0 Å². The van der Waals surface area contributed by atoms with Crippen molar-refractivity contribution in [2.45, 2.75) is 26.7 Å². The Morgan fingerprint density at radius 3 is 2.71 bits per heavy atom. The van der Waals surface area contributed by atoms with E-state index in [1.165, 1.54) is 0 Å². The summed E-state index contributed by atoms with van der Waals surface area (Å²) in [4.78, 5) is 23.7. The molecule has 1 atom stereocenters. The zero-order valence-corrected chi connectivity index (χ0v) is 14.7. The molecule has 0 saturated carbocycles. The lowest BCUT2D eigenvalue weighted by molar-refractivity contribution is -0.120. The number of hydrogen-bond acceptors (Lipinski definition) is 4. The molecule has 1 aromatic carbocycles. The Hall–Kier alpha value is -2.14. The van der Waals surface area contributed by atoms with Gasteiger partial charge in [0.05, 0.1) is 5.92 Å². The largest absolute Gasteiger partial charge is 0.340 e. The van der Waals surface area contributed by atoms with Gasteiger partial charge in [0.25, 0.3) is 0 Å². The molecule has 6 heteroatoms. The Bertz CT molecular complexity index is 729. The highest BCUT2D eigenvalue weighted by atomic mass is 35.5. The molecule has 0 aliphatic carbocycles. The van der Waals surface area contributed by atoms with Gasteiger partial charge >= 0.3 is 0 Å². The highest BCUT2D eigenvalue weighted by Crippen LogP contribution is 2.23. The number of amides is 1. The van der Waals surface area contributed by atoms with E-state index >= 15 is 0 Å². The Morgan fingerprint density at radius 1 is 1.25 bits per heavy atom. The second kappa shape index (κ2) is 7.18. The average molecular weight is 345 g/mol. The lowest BCUT2D eigenvalue weighted by Gasteiger charge is -2.32. The summed E-state index contributed by atoms with van der Waals surface area (Å²) in [5.74, 6) is 0.654. The maximum atomic E-state index is 12.6. The molecule has 2 aromatic rings. The normalized spacial score (nSPS) is 17.6. The van der Waals surface area contributed by atoms with Crippen LogP contribution in [0.3, 0.4) is 0 Å². The molecule has 1 aromatic heterocycles. The first-order chi connectivity index (χ1) is 11.5. The van der Waals surface area contributed by atoms with Crippen molar-refractivity contribution in [3.05, 3.63) is 46.7 Å². The molecule has 0 radical (unpaired) electrons. The van der Waals surface area contributed by atoms with Crippen LogP contribution in [-0.2, 0) is 4.79 Å². The molecule has 2 heterocycles. The van der Waals surface area contributed by atoms with Gasteiger partial charge in [0.2, 0.25) is 11.9 Å². The second-order valence-corrected chi connectivity index (χ2v) is 6.67. The fourth-order valence-electron chi connectivity index (χ4n) is 3.03. The molecule has 1 aliphatic rings. The van der Waals surface area contributed by atoms with E-state index in [9.17, 15) is 4.79 Å². The van der Waals surface area contributed by atoms with E-state index in [1.54, 1.807) is 12.1 Å². The van der Waals surface area contributed by atoms with Gasteiger partial charge in [-0.05, 0) is 51.0 Å². The Kier molecular flexibility index (Phi) is 5.00. The number of carbonyl (C=O) groups is 1. The van der Waals surface area contributed by atoms with E-state index in [0.29, 0.717) is 17.5 Å². The lowest BCUT2D eigenvalue weighted by Crippen LogP contribution is -2.41. The third-order valence-electron chi connectivity index (χ3n) is 4.14. The van der Waals surface area contributed by atoms with E-state index in [2.05, 4.69) is 20.2 Å². The summed E-state index contributed by atoms with van der Waals surface area (Å²) >= 11 is 5.97. The number of piperidine rings is 1. The molecular formula is C18H21ClN4O. The van der Waals surface area contributed by atoms with Gasteiger partial charge in [-0.15, -0.1) is 0 Å². The molecular weight excluding hydrogens is 324 g/mol. The minimum Gasteiger partial charge on any atom is -0.340 e. The summed E-state index contributed by atoms with van der Waals surface area (Å²) in [6.07, 6.45) is 1.82. The molecule has 1 fully saturated rings. The molecule has 5 nitrogen and oxygen atoms in total. The monoisotopic (exact) mass is 344 g/mol. The van der Waals surface area contributed by atoms with E-state index < -0.39 is 0 Å². The predicted octanol–water partition coefficient (Wildman–Crippen LogP) is 3.60. The highest BCUT2D eigenvalue weighted by Gasteiger charge is 2.27.